The van der Waals surface area contributed by atoms with E-state index in [1.165, 1.54) is 0 Å². The van der Waals surface area contributed by atoms with Crippen molar-refractivity contribution in [3.05, 3.63) is 22.9 Å². The summed E-state index contributed by atoms with van der Waals surface area (Å²) in [5.74, 6) is 0.896. The fraction of sp³-hybridized carbons (Fsp3) is 0.600. The van der Waals surface area contributed by atoms with Crippen LogP contribution in [0.4, 0.5) is 5.82 Å². The number of aryl methyl sites for hydroxylation is 2. The van der Waals surface area contributed by atoms with Crippen LogP contribution in [0.25, 0.3) is 0 Å². The number of ether oxygens (including phenoxy) is 1. The van der Waals surface area contributed by atoms with E-state index in [2.05, 4.69) is 16.8 Å². The van der Waals surface area contributed by atoms with Gasteiger partial charge in [-0.3, -0.25) is 0 Å². The topological polar surface area (TPSA) is 51.4 Å². The van der Waals surface area contributed by atoms with Gasteiger partial charge in [0.15, 0.2) is 0 Å². The molecule has 1 aromatic heterocycles. The predicted octanol–water partition coefficient (Wildman–Crippen LogP) is 2.34. The molecule has 0 aliphatic carbocycles. The Morgan fingerprint density at radius 2 is 2.30 bits per heavy atom. The third-order valence-electron chi connectivity index (χ3n) is 3.70. The summed E-state index contributed by atoms with van der Waals surface area (Å²) in [6, 6.07) is 2.03. The summed E-state index contributed by atoms with van der Waals surface area (Å²) in [6.45, 7) is 8.74. The van der Waals surface area contributed by atoms with Gasteiger partial charge in [-0.05, 0) is 45.2 Å². The highest BCUT2D eigenvalue weighted by Crippen LogP contribution is 2.24. The Balaban J connectivity index is 2.34. The molecule has 2 N–H and O–H groups in total. The number of aromatic nitrogens is 1. The van der Waals surface area contributed by atoms with E-state index in [0.29, 0.717) is 4.99 Å². The van der Waals surface area contributed by atoms with Crippen LogP contribution in [0.5, 0.6) is 0 Å². The molecule has 0 spiro atoms. The fourth-order valence-corrected chi connectivity index (χ4v) is 3.00. The second kappa shape index (κ2) is 6.50. The van der Waals surface area contributed by atoms with Crippen LogP contribution < -0.4 is 10.6 Å². The van der Waals surface area contributed by atoms with E-state index >= 15 is 0 Å². The molecule has 1 aliphatic heterocycles. The molecule has 1 unspecified atom stereocenters. The van der Waals surface area contributed by atoms with E-state index in [0.717, 1.165) is 55.2 Å². The van der Waals surface area contributed by atoms with Gasteiger partial charge in [-0.25, -0.2) is 4.98 Å². The zero-order valence-electron chi connectivity index (χ0n) is 12.5. The van der Waals surface area contributed by atoms with Gasteiger partial charge < -0.3 is 15.4 Å². The first kappa shape index (κ1) is 15.2. The van der Waals surface area contributed by atoms with Gasteiger partial charge in [0, 0.05) is 25.4 Å². The van der Waals surface area contributed by atoms with Crippen molar-refractivity contribution in [3.63, 3.8) is 0 Å². The van der Waals surface area contributed by atoms with Gasteiger partial charge in [-0.1, -0.05) is 12.2 Å². The Labute approximate surface area is 126 Å². The van der Waals surface area contributed by atoms with Crippen molar-refractivity contribution in [1.82, 2.24) is 4.98 Å². The molecular formula is C15H23N3OS. The van der Waals surface area contributed by atoms with Crippen LogP contribution in [-0.4, -0.2) is 35.8 Å². The molecule has 110 valence electrons. The number of likely N-dealkylation sites (N-methyl/N-ethyl adjacent to an activating group) is 1. The molecule has 0 bridgehead atoms. The zero-order chi connectivity index (χ0) is 14.7. The Hall–Kier alpha value is -1.20. The first-order chi connectivity index (χ1) is 9.52. The number of pyridine rings is 1. The lowest BCUT2D eigenvalue weighted by atomic mass is 10.1. The third kappa shape index (κ3) is 3.27. The number of hydrogen-bond donors (Lipinski definition) is 1. The van der Waals surface area contributed by atoms with E-state index in [9.17, 15) is 0 Å². The lowest BCUT2D eigenvalue weighted by Gasteiger charge is -2.28. The van der Waals surface area contributed by atoms with E-state index in [1.807, 2.05) is 19.9 Å². The molecule has 1 aromatic rings. The average Bonchev–Trinajstić information content (AvgIpc) is 2.87. The Morgan fingerprint density at radius 3 is 2.85 bits per heavy atom. The van der Waals surface area contributed by atoms with Gasteiger partial charge >= 0.3 is 0 Å². The molecule has 2 heterocycles. The highest BCUT2D eigenvalue weighted by Gasteiger charge is 2.22. The summed E-state index contributed by atoms with van der Waals surface area (Å²) in [4.78, 5) is 7.31. The SMILES string of the molecule is CCN(CC1CCCO1)c1nc(C)cc(C)c1C(N)=S. The molecule has 1 atom stereocenters. The summed E-state index contributed by atoms with van der Waals surface area (Å²) in [5, 5.41) is 0. The van der Waals surface area contributed by atoms with E-state index in [4.69, 9.17) is 22.7 Å². The molecule has 0 amide bonds. The van der Waals surface area contributed by atoms with E-state index in [1.54, 1.807) is 0 Å². The maximum atomic E-state index is 5.90. The van der Waals surface area contributed by atoms with Gasteiger partial charge in [0.2, 0.25) is 0 Å². The fourth-order valence-electron chi connectivity index (χ4n) is 2.75. The summed E-state index contributed by atoms with van der Waals surface area (Å²) < 4.78 is 5.73. The smallest absolute Gasteiger partial charge is 0.139 e. The number of nitrogens with two attached hydrogens (primary N) is 1. The average molecular weight is 293 g/mol. The molecule has 0 radical (unpaired) electrons. The van der Waals surface area contributed by atoms with Crippen LogP contribution in [0.3, 0.4) is 0 Å². The lowest BCUT2D eigenvalue weighted by Crippen LogP contribution is -2.34. The van der Waals surface area contributed by atoms with Crippen LogP contribution in [-0.2, 0) is 4.74 Å². The number of nitrogens with zero attached hydrogens (tertiary/aromatic N) is 2. The Bertz CT molecular complexity index is 498. The van der Waals surface area contributed by atoms with Crippen molar-refractivity contribution in [3.8, 4) is 0 Å². The maximum Gasteiger partial charge on any atom is 0.139 e. The normalized spacial score (nSPS) is 18.2. The molecule has 1 fully saturated rings. The molecule has 1 saturated heterocycles. The quantitative estimate of drug-likeness (QED) is 0.845. The van der Waals surface area contributed by atoms with Crippen molar-refractivity contribution in [2.24, 2.45) is 5.73 Å². The number of hydrogen-bond acceptors (Lipinski definition) is 4. The van der Waals surface area contributed by atoms with Crippen molar-refractivity contribution >= 4 is 23.0 Å². The van der Waals surface area contributed by atoms with Crippen LogP contribution >= 0.6 is 12.2 Å². The van der Waals surface area contributed by atoms with E-state index in [-0.39, 0.29) is 6.10 Å². The molecule has 0 aromatic carbocycles. The largest absolute Gasteiger partial charge is 0.389 e. The highest BCUT2D eigenvalue weighted by molar-refractivity contribution is 7.80. The maximum absolute atomic E-state index is 5.90. The number of rotatable bonds is 5. The predicted molar refractivity (Wildman–Crippen MR) is 86.5 cm³/mol. The first-order valence-corrected chi connectivity index (χ1v) is 7.58. The minimum absolute atomic E-state index is 0.289. The second-order valence-corrected chi connectivity index (χ2v) is 5.76. The minimum atomic E-state index is 0.289. The molecule has 1 aliphatic rings. The van der Waals surface area contributed by atoms with Gasteiger partial charge in [0.25, 0.3) is 0 Å². The van der Waals surface area contributed by atoms with Gasteiger partial charge in [0.1, 0.15) is 10.8 Å². The van der Waals surface area contributed by atoms with Gasteiger partial charge in [0.05, 0.1) is 11.7 Å². The standard InChI is InChI=1S/C15H23N3OS/c1-4-18(9-12-6-5-7-19-12)15-13(14(16)20)10(2)8-11(3)17-15/h8,12H,4-7,9H2,1-3H3,(H2,16,20). The minimum Gasteiger partial charge on any atom is -0.389 e. The lowest BCUT2D eigenvalue weighted by molar-refractivity contribution is 0.115. The van der Waals surface area contributed by atoms with Crippen LogP contribution in [0.1, 0.15) is 36.6 Å². The summed E-state index contributed by atoms with van der Waals surface area (Å²) in [7, 11) is 0. The molecule has 4 nitrogen and oxygen atoms in total. The van der Waals surface area contributed by atoms with Gasteiger partial charge in [-0.15, -0.1) is 0 Å². The zero-order valence-corrected chi connectivity index (χ0v) is 13.3. The summed E-state index contributed by atoms with van der Waals surface area (Å²) >= 11 is 5.21. The second-order valence-electron chi connectivity index (χ2n) is 5.32. The van der Waals surface area contributed by atoms with E-state index < -0.39 is 0 Å². The van der Waals surface area contributed by atoms with Crippen molar-refractivity contribution in [2.75, 3.05) is 24.6 Å². The molecular weight excluding hydrogens is 270 g/mol. The Kier molecular flexibility index (Phi) is 4.94. The molecule has 5 heteroatoms. The van der Waals surface area contributed by atoms with Crippen molar-refractivity contribution in [1.29, 1.82) is 0 Å². The van der Waals surface area contributed by atoms with Crippen LogP contribution in [0.15, 0.2) is 6.07 Å². The van der Waals surface area contributed by atoms with Crippen molar-refractivity contribution in [2.45, 2.75) is 39.7 Å². The van der Waals surface area contributed by atoms with Crippen molar-refractivity contribution < 1.29 is 4.74 Å². The summed E-state index contributed by atoms with van der Waals surface area (Å²) in [6.07, 6.45) is 2.55. The molecule has 0 saturated carbocycles. The molecule has 20 heavy (non-hydrogen) atoms. The highest BCUT2D eigenvalue weighted by atomic mass is 32.1. The molecule has 2 rings (SSSR count). The van der Waals surface area contributed by atoms with Gasteiger partial charge in [-0.2, -0.15) is 0 Å². The first-order valence-electron chi connectivity index (χ1n) is 7.17. The number of thiocarbonyl (C=S) groups is 1. The van der Waals surface area contributed by atoms with Crippen LogP contribution in [0, 0.1) is 13.8 Å². The van der Waals surface area contributed by atoms with Crippen LogP contribution in [0.2, 0.25) is 0 Å². The number of anilines is 1. The Morgan fingerprint density at radius 1 is 1.55 bits per heavy atom. The monoisotopic (exact) mass is 293 g/mol. The third-order valence-corrected chi connectivity index (χ3v) is 3.91. The summed E-state index contributed by atoms with van der Waals surface area (Å²) in [5.41, 5.74) is 8.87.